The summed E-state index contributed by atoms with van der Waals surface area (Å²) in [7, 11) is 1.76. The minimum absolute atomic E-state index is 0.0116. The van der Waals surface area contributed by atoms with E-state index in [1.807, 2.05) is 4.90 Å². The van der Waals surface area contributed by atoms with E-state index in [1.165, 1.54) is 32.1 Å². The standard InChI is InChI=1S/C18H31N3O4/c1-20(12-17(22)23)10-14-11-21(7-8-25-14)18(24)19-16-9-15(16)13-5-3-2-4-6-13/h13-16H,2-12H2,1H3,(H,19,24)(H,22,23)/t14?,15-,16+/m0/s1. The summed E-state index contributed by atoms with van der Waals surface area (Å²) in [4.78, 5) is 26.8. The molecule has 1 aliphatic heterocycles. The fourth-order valence-corrected chi connectivity index (χ4v) is 4.37. The van der Waals surface area contributed by atoms with E-state index in [0.29, 0.717) is 38.2 Å². The zero-order valence-corrected chi connectivity index (χ0v) is 15.2. The number of likely N-dealkylation sites (N-methyl/N-ethyl adjacent to an activating group) is 1. The van der Waals surface area contributed by atoms with Gasteiger partial charge in [-0.2, -0.15) is 0 Å². The molecule has 0 radical (unpaired) electrons. The number of amides is 2. The van der Waals surface area contributed by atoms with Crippen molar-refractivity contribution in [1.82, 2.24) is 15.1 Å². The zero-order chi connectivity index (χ0) is 17.8. The Morgan fingerprint density at radius 3 is 2.76 bits per heavy atom. The maximum Gasteiger partial charge on any atom is 0.317 e. The number of aliphatic carboxylic acids is 1. The van der Waals surface area contributed by atoms with Gasteiger partial charge in [0.15, 0.2) is 0 Å². The van der Waals surface area contributed by atoms with Gasteiger partial charge in [0.25, 0.3) is 0 Å². The van der Waals surface area contributed by atoms with Crippen LogP contribution >= 0.6 is 0 Å². The van der Waals surface area contributed by atoms with Crippen LogP contribution in [0, 0.1) is 11.8 Å². The lowest BCUT2D eigenvalue weighted by atomic mass is 9.85. The molecular formula is C18H31N3O4. The number of urea groups is 1. The number of nitrogens with zero attached hydrogens (tertiary/aromatic N) is 2. The van der Waals surface area contributed by atoms with Crippen molar-refractivity contribution < 1.29 is 19.4 Å². The number of carbonyl (C=O) groups is 2. The molecule has 1 saturated heterocycles. The summed E-state index contributed by atoms with van der Waals surface area (Å²) < 4.78 is 5.69. The second kappa shape index (κ2) is 8.36. The van der Waals surface area contributed by atoms with E-state index in [1.54, 1.807) is 11.9 Å². The van der Waals surface area contributed by atoms with Crippen molar-refractivity contribution >= 4 is 12.0 Å². The van der Waals surface area contributed by atoms with Crippen molar-refractivity contribution in [3.05, 3.63) is 0 Å². The monoisotopic (exact) mass is 353 g/mol. The number of carboxylic acids is 1. The van der Waals surface area contributed by atoms with E-state index in [2.05, 4.69) is 5.32 Å². The summed E-state index contributed by atoms with van der Waals surface area (Å²) in [5.41, 5.74) is 0. The van der Waals surface area contributed by atoms with Gasteiger partial charge in [0.05, 0.1) is 19.3 Å². The smallest absolute Gasteiger partial charge is 0.317 e. The minimum Gasteiger partial charge on any atom is -0.480 e. The lowest BCUT2D eigenvalue weighted by molar-refractivity contribution is -0.138. The van der Waals surface area contributed by atoms with E-state index in [0.717, 1.165) is 12.3 Å². The molecule has 3 atom stereocenters. The summed E-state index contributed by atoms with van der Waals surface area (Å²) in [5, 5.41) is 12.0. The molecule has 1 unspecified atom stereocenters. The van der Waals surface area contributed by atoms with E-state index in [9.17, 15) is 9.59 Å². The number of morpholine rings is 1. The SMILES string of the molecule is CN(CC(=O)O)CC1CN(C(=O)N[C@@H]2C[C@H]2C2CCCCC2)CCO1. The highest BCUT2D eigenvalue weighted by Crippen LogP contribution is 2.44. The third-order valence-electron chi connectivity index (χ3n) is 5.75. The Bertz CT molecular complexity index is 481. The Hall–Kier alpha value is -1.34. The van der Waals surface area contributed by atoms with Gasteiger partial charge in [0.2, 0.25) is 0 Å². The lowest BCUT2D eigenvalue weighted by Crippen LogP contribution is -2.53. The average Bonchev–Trinajstić information content (AvgIpc) is 3.34. The van der Waals surface area contributed by atoms with Crippen LogP contribution in [0.15, 0.2) is 0 Å². The number of nitrogens with one attached hydrogen (secondary N) is 1. The molecule has 0 aromatic rings. The van der Waals surface area contributed by atoms with Crippen LogP contribution in [-0.2, 0) is 9.53 Å². The van der Waals surface area contributed by atoms with Crippen LogP contribution in [0.1, 0.15) is 38.5 Å². The number of rotatable bonds is 6. The number of ether oxygens (including phenoxy) is 1. The van der Waals surface area contributed by atoms with Crippen molar-refractivity contribution in [2.75, 3.05) is 39.8 Å². The minimum atomic E-state index is -0.851. The fraction of sp³-hybridized carbons (Fsp3) is 0.889. The van der Waals surface area contributed by atoms with Gasteiger partial charge >= 0.3 is 12.0 Å². The molecule has 2 N–H and O–H groups in total. The zero-order valence-electron chi connectivity index (χ0n) is 15.2. The van der Waals surface area contributed by atoms with E-state index in [-0.39, 0.29) is 18.7 Å². The molecule has 0 aromatic carbocycles. The quantitative estimate of drug-likeness (QED) is 0.754. The number of hydrogen-bond donors (Lipinski definition) is 2. The Kier molecular flexibility index (Phi) is 6.17. The van der Waals surface area contributed by atoms with Crippen molar-refractivity contribution in [3.63, 3.8) is 0 Å². The predicted molar refractivity (Wildman–Crippen MR) is 93.4 cm³/mol. The third-order valence-corrected chi connectivity index (χ3v) is 5.75. The Morgan fingerprint density at radius 2 is 2.04 bits per heavy atom. The molecule has 2 amide bonds. The van der Waals surface area contributed by atoms with Gasteiger partial charge < -0.3 is 20.1 Å². The summed E-state index contributed by atoms with van der Waals surface area (Å²) in [6.07, 6.45) is 7.71. The van der Waals surface area contributed by atoms with Crippen LogP contribution in [0.4, 0.5) is 4.79 Å². The first-order valence-electron chi connectivity index (χ1n) is 9.60. The summed E-state index contributed by atoms with van der Waals surface area (Å²) >= 11 is 0. The van der Waals surface area contributed by atoms with Crippen LogP contribution < -0.4 is 5.32 Å². The largest absolute Gasteiger partial charge is 0.480 e. The van der Waals surface area contributed by atoms with Gasteiger partial charge in [-0.3, -0.25) is 9.69 Å². The molecular weight excluding hydrogens is 322 g/mol. The Morgan fingerprint density at radius 1 is 1.28 bits per heavy atom. The molecule has 7 heteroatoms. The van der Waals surface area contributed by atoms with Crippen LogP contribution in [0.3, 0.4) is 0 Å². The topological polar surface area (TPSA) is 82.1 Å². The first kappa shape index (κ1) is 18.5. The molecule has 2 saturated carbocycles. The van der Waals surface area contributed by atoms with Crippen LogP contribution in [0.25, 0.3) is 0 Å². The normalized spacial score (nSPS) is 30.3. The first-order valence-corrected chi connectivity index (χ1v) is 9.60. The Balaban J connectivity index is 1.40. The van der Waals surface area contributed by atoms with Gasteiger partial charge in [-0.15, -0.1) is 0 Å². The van der Waals surface area contributed by atoms with Gasteiger partial charge in [0.1, 0.15) is 0 Å². The van der Waals surface area contributed by atoms with Gasteiger partial charge in [-0.05, 0) is 25.3 Å². The molecule has 0 spiro atoms. The van der Waals surface area contributed by atoms with E-state index >= 15 is 0 Å². The number of carbonyl (C=O) groups excluding carboxylic acids is 1. The average molecular weight is 353 g/mol. The molecule has 7 nitrogen and oxygen atoms in total. The summed E-state index contributed by atoms with van der Waals surface area (Å²) in [5.74, 6) is 0.638. The van der Waals surface area contributed by atoms with Crippen LogP contribution in [-0.4, -0.2) is 78.9 Å². The molecule has 3 fully saturated rings. The van der Waals surface area contributed by atoms with Crippen molar-refractivity contribution in [3.8, 4) is 0 Å². The molecule has 142 valence electrons. The third kappa shape index (κ3) is 5.31. The maximum atomic E-state index is 12.5. The summed E-state index contributed by atoms with van der Waals surface area (Å²) in [6, 6.07) is 0.365. The molecule has 1 heterocycles. The highest BCUT2D eigenvalue weighted by Gasteiger charge is 2.44. The van der Waals surface area contributed by atoms with Crippen molar-refractivity contribution in [1.29, 1.82) is 0 Å². The molecule has 0 aromatic heterocycles. The predicted octanol–water partition coefficient (Wildman–Crippen LogP) is 1.38. The van der Waals surface area contributed by atoms with E-state index in [4.69, 9.17) is 9.84 Å². The van der Waals surface area contributed by atoms with Gasteiger partial charge in [-0.1, -0.05) is 32.1 Å². The summed E-state index contributed by atoms with van der Waals surface area (Å²) in [6.45, 7) is 2.14. The van der Waals surface area contributed by atoms with E-state index < -0.39 is 5.97 Å². The molecule has 25 heavy (non-hydrogen) atoms. The first-order chi connectivity index (χ1) is 12.0. The molecule has 3 aliphatic rings. The number of carboxylic acid groups (broad SMARTS) is 1. The van der Waals surface area contributed by atoms with Crippen LogP contribution in [0.5, 0.6) is 0 Å². The Labute approximate surface area is 149 Å². The number of hydrogen-bond acceptors (Lipinski definition) is 4. The molecule has 3 rings (SSSR count). The highest BCUT2D eigenvalue weighted by atomic mass is 16.5. The molecule has 0 bridgehead atoms. The highest BCUT2D eigenvalue weighted by molar-refractivity contribution is 5.75. The fourth-order valence-electron chi connectivity index (χ4n) is 4.37. The van der Waals surface area contributed by atoms with Gasteiger partial charge in [0, 0.05) is 25.7 Å². The van der Waals surface area contributed by atoms with Gasteiger partial charge in [-0.25, -0.2) is 4.79 Å². The maximum absolute atomic E-state index is 12.5. The lowest BCUT2D eigenvalue weighted by Gasteiger charge is -2.34. The second-order valence-corrected chi connectivity index (χ2v) is 7.88. The molecule has 2 aliphatic carbocycles. The van der Waals surface area contributed by atoms with Crippen molar-refractivity contribution in [2.45, 2.75) is 50.7 Å². The van der Waals surface area contributed by atoms with Crippen LogP contribution in [0.2, 0.25) is 0 Å². The van der Waals surface area contributed by atoms with Crippen molar-refractivity contribution in [2.24, 2.45) is 11.8 Å². The second-order valence-electron chi connectivity index (χ2n) is 7.88.